The Bertz CT molecular complexity index is 322. The summed E-state index contributed by atoms with van der Waals surface area (Å²) in [7, 11) is -3.05. The van der Waals surface area contributed by atoms with Crippen LogP contribution in [0.4, 0.5) is 0 Å². The maximum Gasteiger partial charge on any atom is 0.214 e. The number of hydrogen-bond acceptors (Lipinski definition) is 3. The van der Waals surface area contributed by atoms with Crippen LogP contribution >= 0.6 is 0 Å². The summed E-state index contributed by atoms with van der Waals surface area (Å²) in [5, 5.41) is 0. The summed E-state index contributed by atoms with van der Waals surface area (Å²) in [5.74, 6) is 0.991. The fourth-order valence-corrected chi connectivity index (χ4v) is 4.48. The predicted octanol–water partition coefficient (Wildman–Crippen LogP) is 1.08. The molecule has 2 saturated heterocycles. The Hall–Kier alpha value is -0.130. The van der Waals surface area contributed by atoms with E-state index < -0.39 is 10.0 Å². The van der Waals surface area contributed by atoms with E-state index in [1.807, 2.05) is 0 Å². The van der Waals surface area contributed by atoms with E-state index in [1.54, 1.807) is 4.31 Å². The van der Waals surface area contributed by atoms with Crippen molar-refractivity contribution in [3.63, 3.8) is 0 Å². The van der Waals surface area contributed by atoms with Crippen LogP contribution in [0.2, 0.25) is 0 Å². The minimum atomic E-state index is -3.05. The van der Waals surface area contributed by atoms with E-state index in [-0.39, 0.29) is 11.7 Å². The summed E-state index contributed by atoms with van der Waals surface area (Å²) in [6.07, 6.45) is 3.04. The largest absolute Gasteiger partial charge is 0.381 e. The molecule has 0 amide bonds. The lowest BCUT2D eigenvalue weighted by molar-refractivity contribution is 0.188. The molecule has 2 atom stereocenters. The van der Waals surface area contributed by atoms with Crippen LogP contribution in [0.3, 0.4) is 0 Å². The van der Waals surface area contributed by atoms with Crippen LogP contribution < -0.4 is 0 Å². The maximum absolute atomic E-state index is 12.2. The Morgan fingerprint density at radius 3 is 2.81 bits per heavy atom. The first-order valence-electron chi connectivity index (χ1n) is 6.13. The molecule has 4 nitrogen and oxygen atoms in total. The molecule has 0 saturated carbocycles. The smallest absolute Gasteiger partial charge is 0.214 e. The van der Waals surface area contributed by atoms with Crippen LogP contribution in [-0.4, -0.2) is 44.8 Å². The summed E-state index contributed by atoms with van der Waals surface area (Å²) in [6.45, 7) is 4.87. The first kappa shape index (κ1) is 12.3. The fourth-order valence-electron chi connectivity index (χ4n) is 2.52. The second-order valence-corrected chi connectivity index (χ2v) is 7.13. The minimum Gasteiger partial charge on any atom is -0.381 e. The lowest BCUT2D eigenvalue weighted by Crippen LogP contribution is -2.41. The van der Waals surface area contributed by atoms with Gasteiger partial charge in [0, 0.05) is 19.7 Å². The van der Waals surface area contributed by atoms with Crippen molar-refractivity contribution in [1.82, 2.24) is 4.31 Å². The Balaban J connectivity index is 1.94. The molecule has 0 aromatic rings. The van der Waals surface area contributed by atoms with Gasteiger partial charge in [-0.3, -0.25) is 0 Å². The van der Waals surface area contributed by atoms with E-state index in [0.29, 0.717) is 25.6 Å². The van der Waals surface area contributed by atoms with Crippen LogP contribution in [-0.2, 0) is 14.8 Å². The van der Waals surface area contributed by atoms with Crippen LogP contribution in [0.5, 0.6) is 0 Å². The first-order valence-corrected chi connectivity index (χ1v) is 7.74. The van der Waals surface area contributed by atoms with Gasteiger partial charge in [0.05, 0.1) is 12.4 Å². The number of hydrogen-bond donors (Lipinski definition) is 0. The standard InChI is InChI=1S/C11H21NO3S/c1-10-3-2-5-12(7-10)16(13,14)9-11-4-6-15-8-11/h10-11H,2-9H2,1H3/t10-,11-/m1/s1. The van der Waals surface area contributed by atoms with Gasteiger partial charge in [-0.25, -0.2) is 12.7 Å². The highest BCUT2D eigenvalue weighted by molar-refractivity contribution is 7.89. The fraction of sp³-hybridized carbons (Fsp3) is 1.00. The lowest BCUT2D eigenvalue weighted by Gasteiger charge is -2.30. The third kappa shape index (κ3) is 2.96. The first-order chi connectivity index (χ1) is 7.58. The highest BCUT2D eigenvalue weighted by atomic mass is 32.2. The van der Waals surface area contributed by atoms with E-state index in [4.69, 9.17) is 4.74 Å². The number of piperidine rings is 1. The molecule has 2 fully saturated rings. The zero-order chi connectivity index (χ0) is 11.6. The molecule has 16 heavy (non-hydrogen) atoms. The van der Waals surface area contributed by atoms with Crippen molar-refractivity contribution in [1.29, 1.82) is 0 Å². The van der Waals surface area contributed by atoms with Gasteiger partial charge < -0.3 is 4.74 Å². The summed E-state index contributed by atoms with van der Waals surface area (Å²) in [4.78, 5) is 0. The van der Waals surface area contributed by atoms with Gasteiger partial charge >= 0.3 is 0 Å². The van der Waals surface area contributed by atoms with Crippen molar-refractivity contribution in [2.45, 2.75) is 26.2 Å². The van der Waals surface area contributed by atoms with Gasteiger partial charge in [0.25, 0.3) is 0 Å². The van der Waals surface area contributed by atoms with Crippen LogP contribution in [0.15, 0.2) is 0 Å². The van der Waals surface area contributed by atoms with E-state index >= 15 is 0 Å². The Morgan fingerprint density at radius 1 is 1.38 bits per heavy atom. The Labute approximate surface area is 98.0 Å². The summed E-state index contributed by atoms with van der Waals surface area (Å²) in [6, 6.07) is 0. The molecule has 0 unspecified atom stereocenters. The van der Waals surface area contributed by atoms with Gasteiger partial charge in [-0.05, 0) is 31.1 Å². The summed E-state index contributed by atoms with van der Waals surface area (Å²) >= 11 is 0. The molecule has 0 aliphatic carbocycles. The molecule has 94 valence electrons. The number of ether oxygens (including phenoxy) is 1. The highest BCUT2D eigenvalue weighted by Crippen LogP contribution is 2.22. The van der Waals surface area contributed by atoms with Crippen LogP contribution in [0.1, 0.15) is 26.2 Å². The molecule has 0 N–H and O–H groups in total. The molecule has 0 spiro atoms. The quantitative estimate of drug-likeness (QED) is 0.750. The average Bonchev–Trinajstić information content (AvgIpc) is 2.70. The Morgan fingerprint density at radius 2 is 2.19 bits per heavy atom. The van der Waals surface area contributed by atoms with Crippen LogP contribution in [0, 0.1) is 11.8 Å². The van der Waals surface area contributed by atoms with Gasteiger partial charge in [-0.15, -0.1) is 0 Å². The average molecular weight is 247 g/mol. The van der Waals surface area contributed by atoms with Crippen molar-refractivity contribution in [2.24, 2.45) is 11.8 Å². The van der Waals surface area contributed by atoms with Crippen molar-refractivity contribution in [2.75, 3.05) is 32.1 Å². The molecule has 2 rings (SSSR count). The predicted molar refractivity (Wildman–Crippen MR) is 62.7 cm³/mol. The van der Waals surface area contributed by atoms with E-state index in [1.165, 1.54) is 0 Å². The van der Waals surface area contributed by atoms with E-state index in [2.05, 4.69) is 6.92 Å². The third-order valence-corrected chi connectivity index (χ3v) is 5.49. The zero-order valence-electron chi connectivity index (χ0n) is 9.89. The second kappa shape index (κ2) is 5.02. The third-order valence-electron chi connectivity index (χ3n) is 3.48. The van der Waals surface area contributed by atoms with Crippen molar-refractivity contribution < 1.29 is 13.2 Å². The summed E-state index contributed by atoms with van der Waals surface area (Å²) in [5.41, 5.74) is 0. The zero-order valence-corrected chi connectivity index (χ0v) is 10.7. The van der Waals surface area contributed by atoms with E-state index in [9.17, 15) is 8.42 Å². The molecule has 2 aliphatic heterocycles. The minimum absolute atomic E-state index is 0.210. The topological polar surface area (TPSA) is 46.6 Å². The normalized spacial score (nSPS) is 33.1. The molecule has 0 radical (unpaired) electrons. The van der Waals surface area contributed by atoms with Gasteiger partial charge in [0.2, 0.25) is 10.0 Å². The monoisotopic (exact) mass is 247 g/mol. The molecular weight excluding hydrogens is 226 g/mol. The van der Waals surface area contributed by atoms with Crippen molar-refractivity contribution in [3.8, 4) is 0 Å². The van der Waals surface area contributed by atoms with Gasteiger partial charge in [-0.1, -0.05) is 6.92 Å². The SMILES string of the molecule is C[C@@H]1CCCN(S(=O)(=O)C[C@@H]2CCOC2)C1. The van der Waals surface area contributed by atoms with Crippen molar-refractivity contribution >= 4 is 10.0 Å². The second-order valence-electron chi connectivity index (χ2n) is 5.11. The molecule has 2 aliphatic rings. The molecule has 0 aromatic heterocycles. The molecular formula is C11H21NO3S. The molecule has 5 heteroatoms. The van der Waals surface area contributed by atoms with Gasteiger partial charge in [0.15, 0.2) is 0 Å². The number of nitrogens with zero attached hydrogens (tertiary/aromatic N) is 1. The molecule has 0 bridgehead atoms. The Kier molecular flexibility index (Phi) is 3.87. The van der Waals surface area contributed by atoms with Gasteiger partial charge in [-0.2, -0.15) is 0 Å². The maximum atomic E-state index is 12.2. The van der Waals surface area contributed by atoms with Gasteiger partial charge in [0.1, 0.15) is 0 Å². The lowest BCUT2D eigenvalue weighted by atomic mass is 10.0. The number of sulfonamides is 1. The number of rotatable bonds is 3. The molecule has 2 heterocycles. The van der Waals surface area contributed by atoms with Crippen LogP contribution in [0.25, 0.3) is 0 Å². The molecule has 0 aromatic carbocycles. The van der Waals surface area contributed by atoms with E-state index in [0.717, 1.165) is 25.9 Å². The highest BCUT2D eigenvalue weighted by Gasteiger charge is 2.30. The van der Waals surface area contributed by atoms with Crippen molar-refractivity contribution in [3.05, 3.63) is 0 Å². The summed E-state index contributed by atoms with van der Waals surface area (Å²) < 4.78 is 31.2.